The first-order valence-corrected chi connectivity index (χ1v) is 13.5. The molecule has 0 aliphatic rings. The Labute approximate surface area is 245 Å². The van der Waals surface area contributed by atoms with Gasteiger partial charge in [-0.2, -0.15) is 5.10 Å². The zero-order valence-corrected chi connectivity index (χ0v) is 24.6. The summed E-state index contributed by atoms with van der Waals surface area (Å²) >= 11 is 8.08. The summed E-state index contributed by atoms with van der Waals surface area (Å²) in [6.45, 7) is 5.75. The number of rotatable bonds is 10. The average Bonchev–Trinajstić information content (AvgIpc) is 2.90. The Morgan fingerprint density at radius 2 is 1.74 bits per heavy atom. The second-order valence-electron chi connectivity index (χ2n) is 8.22. The van der Waals surface area contributed by atoms with E-state index in [2.05, 4.69) is 43.8 Å². The van der Waals surface area contributed by atoms with Crippen LogP contribution in [0.1, 0.15) is 30.5 Å². The van der Waals surface area contributed by atoms with Gasteiger partial charge in [0.25, 0.3) is 5.91 Å². The molecule has 0 radical (unpaired) electrons. The molecular weight excluding hydrogens is 635 g/mol. The van der Waals surface area contributed by atoms with Crippen molar-refractivity contribution in [3.05, 3.63) is 79.9 Å². The van der Waals surface area contributed by atoms with Gasteiger partial charge in [0.15, 0.2) is 18.1 Å². The van der Waals surface area contributed by atoms with Gasteiger partial charge in [-0.1, -0.05) is 42.8 Å². The molecule has 0 saturated heterocycles. The quantitative estimate of drug-likeness (QED) is 0.118. The van der Waals surface area contributed by atoms with E-state index in [9.17, 15) is 14.4 Å². The molecule has 0 unspecified atom stereocenters. The molecule has 3 aromatic rings. The number of hydrogen-bond donors (Lipinski definition) is 3. The Bertz CT molecular complexity index is 1400. The van der Waals surface area contributed by atoms with Crippen LogP contribution in [0, 0.1) is 10.5 Å². The zero-order valence-electron chi connectivity index (χ0n) is 21.6. The van der Waals surface area contributed by atoms with E-state index in [4.69, 9.17) is 21.1 Å². The van der Waals surface area contributed by atoms with Crippen molar-refractivity contribution >= 4 is 69.5 Å². The number of anilines is 2. The fourth-order valence-electron chi connectivity index (χ4n) is 3.46. The van der Waals surface area contributed by atoms with Crippen LogP contribution in [-0.2, 0) is 20.8 Å². The molecule has 39 heavy (non-hydrogen) atoms. The van der Waals surface area contributed by atoms with Gasteiger partial charge in [-0.3, -0.25) is 14.4 Å². The number of nitrogens with zero attached hydrogens (tertiary/aromatic N) is 1. The van der Waals surface area contributed by atoms with Crippen LogP contribution < -0.4 is 25.5 Å². The Morgan fingerprint density at radius 3 is 2.49 bits per heavy atom. The Balaban J connectivity index is 1.63. The van der Waals surface area contributed by atoms with Crippen molar-refractivity contribution in [1.29, 1.82) is 0 Å². The predicted octanol–water partition coefficient (Wildman–Crippen LogP) is 5.32. The van der Waals surface area contributed by atoms with Crippen molar-refractivity contribution in [2.24, 2.45) is 5.10 Å². The smallest absolute Gasteiger partial charge is 0.329 e. The van der Waals surface area contributed by atoms with E-state index < -0.39 is 11.8 Å². The summed E-state index contributed by atoms with van der Waals surface area (Å²) in [6, 6.07) is 15.9. The minimum atomic E-state index is -0.905. The van der Waals surface area contributed by atoms with Crippen molar-refractivity contribution in [2.75, 3.05) is 23.8 Å². The maximum Gasteiger partial charge on any atom is 0.329 e. The van der Waals surface area contributed by atoms with E-state index in [-0.39, 0.29) is 12.5 Å². The van der Waals surface area contributed by atoms with E-state index in [0.29, 0.717) is 50.1 Å². The topological polar surface area (TPSA) is 118 Å². The van der Waals surface area contributed by atoms with Gasteiger partial charge >= 0.3 is 11.8 Å². The number of hydrogen-bond acceptors (Lipinski definition) is 6. The Kier molecular flexibility index (Phi) is 11.1. The van der Waals surface area contributed by atoms with Crippen molar-refractivity contribution in [3.63, 3.8) is 0 Å². The third kappa shape index (κ3) is 8.69. The lowest BCUT2D eigenvalue weighted by atomic mass is 10.1. The van der Waals surface area contributed by atoms with Crippen LogP contribution >= 0.6 is 34.2 Å². The maximum atomic E-state index is 12.5. The summed E-state index contributed by atoms with van der Waals surface area (Å²) in [5.74, 6) is -1.29. The number of amides is 3. The largest absolute Gasteiger partial charge is 0.490 e. The molecule has 0 aliphatic carbocycles. The van der Waals surface area contributed by atoms with Gasteiger partial charge in [0.1, 0.15) is 0 Å². The number of hydrazone groups is 1. The summed E-state index contributed by atoms with van der Waals surface area (Å²) in [5, 5.41) is 9.79. The molecule has 9 nitrogen and oxygen atoms in total. The number of ether oxygens (including phenoxy) is 2. The predicted molar refractivity (Wildman–Crippen MR) is 161 cm³/mol. The van der Waals surface area contributed by atoms with Gasteiger partial charge in [-0.25, -0.2) is 5.43 Å². The molecule has 0 saturated carbocycles. The average molecular weight is 663 g/mol. The van der Waals surface area contributed by atoms with Crippen LogP contribution in [0.15, 0.2) is 59.7 Å². The van der Waals surface area contributed by atoms with Crippen LogP contribution in [0.3, 0.4) is 0 Å². The molecule has 3 aromatic carbocycles. The third-order valence-electron chi connectivity index (χ3n) is 5.39. The van der Waals surface area contributed by atoms with E-state index >= 15 is 0 Å². The highest BCUT2D eigenvalue weighted by atomic mass is 127. The Hall–Kier alpha value is -3.64. The lowest BCUT2D eigenvalue weighted by Gasteiger charge is -2.15. The minimum Gasteiger partial charge on any atom is -0.490 e. The highest BCUT2D eigenvalue weighted by molar-refractivity contribution is 14.1. The van der Waals surface area contributed by atoms with Gasteiger partial charge < -0.3 is 20.1 Å². The van der Waals surface area contributed by atoms with Crippen LogP contribution in [0.5, 0.6) is 11.5 Å². The summed E-state index contributed by atoms with van der Waals surface area (Å²) in [4.78, 5) is 37.0. The van der Waals surface area contributed by atoms with Crippen molar-refractivity contribution in [3.8, 4) is 11.5 Å². The number of para-hydroxylation sites is 1. The second kappa shape index (κ2) is 14.5. The van der Waals surface area contributed by atoms with E-state index in [1.807, 2.05) is 39.0 Å². The molecular formula is C28H28ClIN4O5. The van der Waals surface area contributed by atoms with Crippen LogP contribution in [0.4, 0.5) is 11.4 Å². The molecule has 0 heterocycles. The molecule has 3 rings (SSSR count). The monoisotopic (exact) mass is 662 g/mol. The first-order valence-electron chi connectivity index (χ1n) is 12.1. The number of carbonyl (C=O) groups excluding carboxylic acids is 3. The number of halogens is 2. The van der Waals surface area contributed by atoms with Crippen molar-refractivity contribution in [2.45, 2.75) is 27.2 Å². The molecule has 204 valence electrons. The lowest BCUT2D eigenvalue weighted by molar-refractivity contribution is -0.136. The number of carbonyl (C=O) groups is 3. The zero-order chi connectivity index (χ0) is 28.4. The molecule has 3 amide bonds. The second-order valence-corrected chi connectivity index (χ2v) is 9.82. The summed E-state index contributed by atoms with van der Waals surface area (Å²) in [7, 11) is 0. The molecule has 11 heteroatoms. The standard InChI is InChI=1S/C28H28ClIN4O5/c1-4-19-8-6-7-9-22(19)33-27(36)28(37)34-31-15-18-12-21(30)26(24(13-18)38-5-2)39-16-25(35)32-23-14-20(29)11-10-17(23)3/h6-15H,4-5,16H2,1-3H3,(H,32,35)(H,33,36)(H,34,37)/b31-15-. The third-order valence-corrected chi connectivity index (χ3v) is 6.42. The maximum absolute atomic E-state index is 12.5. The Morgan fingerprint density at radius 1 is 0.974 bits per heavy atom. The molecule has 0 spiro atoms. The van der Waals surface area contributed by atoms with E-state index in [0.717, 1.165) is 11.1 Å². The molecule has 0 fully saturated rings. The van der Waals surface area contributed by atoms with E-state index in [1.165, 1.54) is 6.21 Å². The highest BCUT2D eigenvalue weighted by Crippen LogP contribution is 2.34. The van der Waals surface area contributed by atoms with Gasteiger partial charge in [-0.05, 0) is 89.9 Å². The van der Waals surface area contributed by atoms with Gasteiger partial charge in [0, 0.05) is 16.4 Å². The SMILES string of the molecule is CCOc1cc(/C=N\NC(=O)C(=O)Nc2ccccc2CC)cc(I)c1OCC(=O)Nc1cc(Cl)ccc1C. The normalized spacial score (nSPS) is 10.7. The van der Waals surface area contributed by atoms with Crippen molar-refractivity contribution in [1.82, 2.24) is 5.43 Å². The van der Waals surface area contributed by atoms with Crippen LogP contribution in [-0.4, -0.2) is 37.1 Å². The van der Waals surface area contributed by atoms with Gasteiger partial charge in [-0.15, -0.1) is 0 Å². The number of nitrogens with one attached hydrogen (secondary N) is 3. The van der Waals surface area contributed by atoms with Crippen LogP contribution in [0.25, 0.3) is 0 Å². The highest BCUT2D eigenvalue weighted by Gasteiger charge is 2.16. The van der Waals surface area contributed by atoms with Gasteiger partial charge in [0.05, 0.1) is 16.4 Å². The molecule has 0 aromatic heterocycles. The molecule has 0 atom stereocenters. The van der Waals surface area contributed by atoms with Gasteiger partial charge in [0.2, 0.25) is 0 Å². The summed E-state index contributed by atoms with van der Waals surface area (Å²) in [5.41, 5.74) is 5.78. The molecule has 0 bridgehead atoms. The first-order chi connectivity index (χ1) is 18.7. The van der Waals surface area contributed by atoms with Crippen molar-refractivity contribution < 1.29 is 23.9 Å². The molecule has 3 N–H and O–H groups in total. The lowest BCUT2D eigenvalue weighted by Crippen LogP contribution is -2.32. The van der Waals surface area contributed by atoms with Crippen LogP contribution in [0.2, 0.25) is 5.02 Å². The molecule has 0 aliphatic heterocycles. The summed E-state index contributed by atoms with van der Waals surface area (Å²) in [6.07, 6.45) is 2.09. The first kappa shape index (κ1) is 29.9. The number of benzene rings is 3. The number of aryl methyl sites for hydroxylation is 2. The fourth-order valence-corrected chi connectivity index (χ4v) is 4.42. The summed E-state index contributed by atoms with van der Waals surface area (Å²) < 4.78 is 12.1. The fraction of sp³-hybridized carbons (Fsp3) is 0.214. The minimum absolute atomic E-state index is 0.248. The van der Waals surface area contributed by atoms with E-state index in [1.54, 1.807) is 36.4 Å².